The molecule has 90 valence electrons. The quantitative estimate of drug-likeness (QED) is 0.757. The van der Waals surface area contributed by atoms with Crippen LogP contribution < -0.4 is 0 Å². The summed E-state index contributed by atoms with van der Waals surface area (Å²) in [5.41, 5.74) is 2.91. The zero-order valence-corrected chi connectivity index (χ0v) is 10.4. The van der Waals surface area contributed by atoms with Crippen LogP contribution in [-0.4, -0.2) is 10.9 Å². The van der Waals surface area contributed by atoms with E-state index in [-0.39, 0.29) is 6.04 Å². The van der Waals surface area contributed by atoms with Crippen LogP contribution in [0.3, 0.4) is 0 Å². The van der Waals surface area contributed by atoms with Gasteiger partial charge in [-0.25, -0.2) is 0 Å². The first-order valence-corrected chi connectivity index (χ1v) is 5.79. The number of aryl methyl sites for hydroxylation is 1. The maximum atomic E-state index is 10.9. The Hall–Kier alpha value is -1.77. The lowest BCUT2D eigenvalue weighted by molar-refractivity contribution is 0.112. The summed E-state index contributed by atoms with van der Waals surface area (Å²) in [7, 11) is 0. The molecule has 0 fully saturated rings. The van der Waals surface area contributed by atoms with Gasteiger partial charge in [-0.1, -0.05) is 0 Å². The molecule has 1 atom stereocenters. The van der Waals surface area contributed by atoms with E-state index >= 15 is 0 Å². The maximum absolute atomic E-state index is 10.9. The molecule has 2 aromatic heterocycles. The number of hydrogen-bond acceptors (Lipinski definition) is 2. The molecule has 0 bridgehead atoms. The molecule has 0 aliphatic carbocycles. The number of rotatable bonds is 4. The van der Waals surface area contributed by atoms with Crippen LogP contribution in [0.4, 0.5) is 0 Å². The predicted octanol–water partition coefficient (Wildman–Crippen LogP) is 3.31. The number of furan rings is 1. The summed E-state index contributed by atoms with van der Waals surface area (Å²) in [6.45, 7) is 6.14. The summed E-state index contributed by atoms with van der Waals surface area (Å²) >= 11 is 0. The topological polar surface area (TPSA) is 35.1 Å². The molecule has 0 aromatic carbocycles. The van der Waals surface area contributed by atoms with Crippen molar-refractivity contribution in [2.24, 2.45) is 0 Å². The van der Waals surface area contributed by atoms with Crippen molar-refractivity contribution in [3.63, 3.8) is 0 Å². The van der Waals surface area contributed by atoms with Gasteiger partial charge in [0.15, 0.2) is 6.29 Å². The second-order valence-corrected chi connectivity index (χ2v) is 4.45. The van der Waals surface area contributed by atoms with Crippen LogP contribution in [0, 0.1) is 13.8 Å². The number of nitrogens with zero attached hydrogens (tertiary/aromatic N) is 1. The van der Waals surface area contributed by atoms with Gasteiger partial charge in [0, 0.05) is 29.4 Å². The minimum absolute atomic E-state index is 0.287. The number of carbonyl (C=O) groups is 1. The molecule has 2 aromatic rings. The van der Waals surface area contributed by atoms with E-state index in [2.05, 4.69) is 11.5 Å². The molecule has 0 aliphatic heterocycles. The molecule has 0 N–H and O–H groups in total. The SMILES string of the molecule is Cc1cc(C=O)c(C)n1C(C)Cc1ccco1. The second kappa shape index (κ2) is 4.62. The average molecular weight is 231 g/mol. The number of aromatic nitrogens is 1. The molecule has 3 nitrogen and oxygen atoms in total. The minimum Gasteiger partial charge on any atom is -0.469 e. The van der Waals surface area contributed by atoms with Crippen molar-refractivity contribution in [3.8, 4) is 0 Å². The first-order valence-electron chi connectivity index (χ1n) is 5.79. The van der Waals surface area contributed by atoms with Crippen LogP contribution in [0.5, 0.6) is 0 Å². The number of aldehydes is 1. The summed E-state index contributed by atoms with van der Waals surface area (Å²) in [5.74, 6) is 0.970. The molecule has 3 heteroatoms. The Labute approximate surface area is 101 Å². The lowest BCUT2D eigenvalue weighted by Gasteiger charge is -2.17. The smallest absolute Gasteiger partial charge is 0.151 e. The molecule has 0 saturated heterocycles. The Kier molecular flexibility index (Phi) is 3.18. The summed E-state index contributed by atoms with van der Waals surface area (Å²) in [4.78, 5) is 10.9. The van der Waals surface area contributed by atoms with Gasteiger partial charge in [0.25, 0.3) is 0 Å². The zero-order valence-electron chi connectivity index (χ0n) is 10.4. The molecule has 2 rings (SSSR count). The number of hydrogen-bond donors (Lipinski definition) is 0. The van der Waals surface area contributed by atoms with Crippen LogP contribution in [0.25, 0.3) is 0 Å². The highest BCUT2D eigenvalue weighted by atomic mass is 16.3. The highest BCUT2D eigenvalue weighted by Crippen LogP contribution is 2.22. The van der Waals surface area contributed by atoms with Crippen molar-refractivity contribution >= 4 is 6.29 Å². The first kappa shape index (κ1) is 11.7. The fourth-order valence-electron chi connectivity index (χ4n) is 2.41. The van der Waals surface area contributed by atoms with E-state index in [0.29, 0.717) is 0 Å². The lowest BCUT2D eigenvalue weighted by Crippen LogP contribution is -2.11. The van der Waals surface area contributed by atoms with Gasteiger partial charge in [0.1, 0.15) is 5.76 Å². The Morgan fingerprint density at radius 2 is 2.24 bits per heavy atom. The van der Waals surface area contributed by atoms with E-state index in [1.165, 1.54) is 0 Å². The lowest BCUT2D eigenvalue weighted by atomic mass is 10.2. The van der Waals surface area contributed by atoms with Crippen LogP contribution >= 0.6 is 0 Å². The fraction of sp³-hybridized carbons (Fsp3) is 0.357. The van der Waals surface area contributed by atoms with E-state index in [9.17, 15) is 4.79 Å². The van der Waals surface area contributed by atoms with E-state index in [0.717, 1.165) is 35.4 Å². The van der Waals surface area contributed by atoms with Crippen LogP contribution in [-0.2, 0) is 6.42 Å². The molecular weight excluding hydrogens is 214 g/mol. The molecule has 0 spiro atoms. The van der Waals surface area contributed by atoms with Gasteiger partial charge in [-0.05, 0) is 39.0 Å². The zero-order chi connectivity index (χ0) is 12.4. The monoisotopic (exact) mass is 231 g/mol. The average Bonchev–Trinajstić information content (AvgIpc) is 2.87. The Morgan fingerprint density at radius 3 is 2.76 bits per heavy atom. The normalized spacial score (nSPS) is 12.6. The van der Waals surface area contributed by atoms with Crippen molar-refractivity contribution in [3.05, 3.63) is 47.2 Å². The molecule has 0 aliphatic rings. The molecule has 17 heavy (non-hydrogen) atoms. The van der Waals surface area contributed by atoms with Gasteiger partial charge in [0.2, 0.25) is 0 Å². The third-order valence-corrected chi connectivity index (χ3v) is 3.17. The third kappa shape index (κ3) is 2.18. The van der Waals surface area contributed by atoms with Crippen molar-refractivity contribution in [2.75, 3.05) is 0 Å². The van der Waals surface area contributed by atoms with Crippen molar-refractivity contribution in [1.29, 1.82) is 0 Å². The Balaban J connectivity index is 2.27. The van der Waals surface area contributed by atoms with Crippen molar-refractivity contribution < 1.29 is 9.21 Å². The van der Waals surface area contributed by atoms with Gasteiger partial charge in [0.05, 0.1) is 6.26 Å². The van der Waals surface area contributed by atoms with Crippen molar-refractivity contribution in [1.82, 2.24) is 4.57 Å². The van der Waals surface area contributed by atoms with Gasteiger partial charge < -0.3 is 8.98 Å². The molecular formula is C14H17NO2. The van der Waals surface area contributed by atoms with E-state index in [4.69, 9.17) is 4.42 Å². The molecule has 1 unspecified atom stereocenters. The highest BCUT2D eigenvalue weighted by molar-refractivity contribution is 5.77. The summed E-state index contributed by atoms with van der Waals surface area (Å²) in [5, 5.41) is 0. The third-order valence-electron chi connectivity index (χ3n) is 3.17. The summed E-state index contributed by atoms with van der Waals surface area (Å²) < 4.78 is 7.54. The fourth-order valence-corrected chi connectivity index (χ4v) is 2.41. The molecule has 0 saturated carbocycles. The molecule has 0 radical (unpaired) electrons. The van der Waals surface area contributed by atoms with Gasteiger partial charge in [-0.3, -0.25) is 4.79 Å². The van der Waals surface area contributed by atoms with Crippen LogP contribution in [0.15, 0.2) is 28.9 Å². The Morgan fingerprint density at radius 1 is 1.47 bits per heavy atom. The van der Waals surface area contributed by atoms with Gasteiger partial charge in [-0.15, -0.1) is 0 Å². The summed E-state index contributed by atoms with van der Waals surface area (Å²) in [6.07, 6.45) is 3.44. The minimum atomic E-state index is 0.287. The highest BCUT2D eigenvalue weighted by Gasteiger charge is 2.15. The standard InChI is InChI=1S/C14H17NO2/c1-10-7-13(9-16)12(3)15(10)11(2)8-14-5-4-6-17-14/h4-7,9,11H,8H2,1-3H3. The molecule has 2 heterocycles. The van der Waals surface area contributed by atoms with Crippen LogP contribution in [0.1, 0.15) is 40.5 Å². The van der Waals surface area contributed by atoms with Gasteiger partial charge >= 0.3 is 0 Å². The maximum Gasteiger partial charge on any atom is 0.151 e. The van der Waals surface area contributed by atoms with E-state index in [1.54, 1.807) is 6.26 Å². The first-order chi connectivity index (χ1) is 8.13. The van der Waals surface area contributed by atoms with Gasteiger partial charge in [-0.2, -0.15) is 0 Å². The predicted molar refractivity (Wildman–Crippen MR) is 66.4 cm³/mol. The summed E-state index contributed by atoms with van der Waals surface area (Å²) in [6, 6.07) is 6.09. The largest absolute Gasteiger partial charge is 0.469 e. The Bertz CT molecular complexity index is 509. The van der Waals surface area contributed by atoms with E-state index in [1.807, 2.05) is 32.0 Å². The molecule has 0 amide bonds. The van der Waals surface area contributed by atoms with Crippen molar-refractivity contribution in [2.45, 2.75) is 33.2 Å². The number of carbonyl (C=O) groups excluding carboxylic acids is 1. The van der Waals surface area contributed by atoms with Crippen LogP contribution in [0.2, 0.25) is 0 Å². The van der Waals surface area contributed by atoms with E-state index < -0.39 is 0 Å². The second-order valence-electron chi connectivity index (χ2n) is 4.45.